The molecule has 0 radical (unpaired) electrons. The van der Waals surface area contributed by atoms with E-state index in [9.17, 15) is 9.59 Å². The van der Waals surface area contributed by atoms with Gasteiger partial charge in [-0.15, -0.1) is 0 Å². The van der Waals surface area contributed by atoms with E-state index in [1.54, 1.807) is 0 Å². The summed E-state index contributed by atoms with van der Waals surface area (Å²) in [6.45, 7) is 6.39. The second-order valence-corrected chi connectivity index (χ2v) is 9.91. The maximum absolute atomic E-state index is 13.1. The van der Waals surface area contributed by atoms with E-state index in [0.29, 0.717) is 11.1 Å². The predicted molar refractivity (Wildman–Crippen MR) is 133 cm³/mol. The van der Waals surface area contributed by atoms with Crippen molar-refractivity contribution in [3.8, 4) is 0 Å². The van der Waals surface area contributed by atoms with E-state index in [1.165, 1.54) is 0 Å². The second-order valence-electron chi connectivity index (χ2n) is 9.91. The zero-order valence-electron chi connectivity index (χ0n) is 20.0. The van der Waals surface area contributed by atoms with Crippen molar-refractivity contribution in [1.82, 2.24) is 24.9 Å². The van der Waals surface area contributed by atoms with Crippen LogP contribution in [-0.4, -0.2) is 31.5 Å². The van der Waals surface area contributed by atoms with Crippen LogP contribution in [0.4, 0.5) is 0 Å². The molecule has 176 valence electrons. The Morgan fingerprint density at radius 3 is 2.65 bits per heavy atom. The quantitative estimate of drug-likeness (QED) is 0.424. The maximum atomic E-state index is 13.1. The summed E-state index contributed by atoms with van der Waals surface area (Å²) < 4.78 is 2.01. The number of H-pyrrole nitrogens is 1. The molecule has 0 spiro atoms. The Kier molecular flexibility index (Phi) is 5.71. The third kappa shape index (κ3) is 3.89. The van der Waals surface area contributed by atoms with Gasteiger partial charge in [-0.25, -0.2) is 10.1 Å². The second kappa shape index (κ2) is 8.70. The van der Waals surface area contributed by atoms with E-state index in [1.807, 2.05) is 53.1 Å². The highest BCUT2D eigenvalue weighted by Gasteiger charge is 2.43. The number of fused-ring (bicyclic) bond motifs is 2. The fourth-order valence-corrected chi connectivity index (χ4v) is 5.39. The van der Waals surface area contributed by atoms with Crippen molar-refractivity contribution in [2.24, 2.45) is 5.41 Å². The lowest BCUT2D eigenvalue weighted by Crippen LogP contribution is -2.50. The summed E-state index contributed by atoms with van der Waals surface area (Å²) in [5.41, 5.74) is 2.31. The van der Waals surface area contributed by atoms with Gasteiger partial charge in [-0.1, -0.05) is 51.5 Å². The monoisotopic (exact) mass is 457 g/mol. The number of carbonyl (C=O) groups is 1. The van der Waals surface area contributed by atoms with Crippen LogP contribution in [0.15, 0.2) is 53.5 Å². The summed E-state index contributed by atoms with van der Waals surface area (Å²) in [7, 11) is 0. The minimum absolute atomic E-state index is 0.0985. The molecule has 2 N–H and O–H groups in total. The minimum atomic E-state index is -0.150. The molecular weight excluding hydrogens is 426 g/mol. The van der Waals surface area contributed by atoms with Crippen molar-refractivity contribution in [3.05, 3.63) is 76.2 Å². The number of hydrogen-bond donors (Lipinski definition) is 2. The Morgan fingerprint density at radius 1 is 1.18 bits per heavy atom. The maximum Gasteiger partial charge on any atom is 0.272 e. The minimum Gasteiger partial charge on any atom is -0.348 e. The molecule has 0 atom stereocenters. The Bertz CT molecular complexity index is 1410. The molecular formula is C27H31N5O2. The molecule has 4 aromatic rings. The summed E-state index contributed by atoms with van der Waals surface area (Å²) in [5.74, 6) is 1.03. The Balaban J connectivity index is 1.27. The lowest BCUT2D eigenvalue weighted by molar-refractivity contribution is 0.0569. The van der Waals surface area contributed by atoms with Gasteiger partial charge in [0.15, 0.2) is 5.69 Å². The molecule has 0 bridgehead atoms. The van der Waals surface area contributed by atoms with Crippen molar-refractivity contribution in [3.63, 3.8) is 0 Å². The molecule has 1 saturated carbocycles. The van der Waals surface area contributed by atoms with Crippen LogP contribution in [0.25, 0.3) is 16.3 Å². The van der Waals surface area contributed by atoms with Gasteiger partial charge < -0.3 is 9.72 Å². The number of aryl methyl sites for hydroxylation is 1. The summed E-state index contributed by atoms with van der Waals surface area (Å²) in [4.78, 5) is 29.9. The van der Waals surface area contributed by atoms with Gasteiger partial charge >= 0.3 is 0 Å². The SMILES string of the molecule is CCC1(CCc2n[nH]c(=O)c3ccccc23)CC(NC(=O)c2nc(C(C)C)n3ccccc23)C1. The standard InChI is InChI=1S/C27H31N5O2/c1-4-27(13-12-21-19-9-5-6-10-20(19)25(33)31-30-21)15-18(16-27)28-26(34)23-22-11-7-8-14-32(22)24(29-23)17(2)3/h5-11,14,17-18H,4,12-13,15-16H2,1-3H3,(H,28,34)(H,31,33). The Labute approximate surface area is 198 Å². The van der Waals surface area contributed by atoms with Crippen molar-refractivity contribution in [2.45, 2.75) is 64.8 Å². The number of benzene rings is 1. The van der Waals surface area contributed by atoms with Crippen LogP contribution in [-0.2, 0) is 6.42 Å². The molecule has 0 aliphatic heterocycles. The molecule has 3 aromatic heterocycles. The number of amides is 1. The van der Waals surface area contributed by atoms with Crippen molar-refractivity contribution in [2.75, 3.05) is 0 Å². The fourth-order valence-electron chi connectivity index (χ4n) is 5.39. The number of nitrogens with one attached hydrogen (secondary N) is 2. The third-order valence-electron chi connectivity index (χ3n) is 7.42. The van der Waals surface area contributed by atoms with Gasteiger partial charge in [0.1, 0.15) is 5.82 Å². The molecule has 0 unspecified atom stereocenters. The molecule has 7 nitrogen and oxygen atoms in total. The molecule has 1 aliphatic carbocycles. The van der Waals surface area contributed by atoms with Gasteiger partial charge in [0.25, 0.3) is 11.5 Å². The van der Waals surface area contributed by atoms with Gasteiger partial charge in [-0.3, -0.25) is 9.59 Å². The van der Waals surface area contributed by atoms with Gasteiger partial charge in [-0.2, -0.15) is 5.10 Å². The van der Waals surface area contributed by atoms with Crippen LogP contribution in [0.2, 0.25) is 0 Å². The molecule has 5 rings (SSSR count). The highest BCUT2D eigenvalue weighted by Crippen LogP contribution is 2.47. The van der Waals surface area contributed by atoms with E-state index in [2.05, 4.69) is 41.3 Å². The first-order valence-electron chi connectivity index (χ1n) is 12.1. The smallest absolute Gasteiger partial charge is 0.272 e. The fraction of sp³-hybridized carbons (Fsp3) is 0.407. The first kappa shape index (κ1) is 22.3. The Hall–Kier alpha value is -3.48. The lowest BCUT2D eigenvalue weighted by Gasteiger charge is -2.48. The first-order chi connectivity index (χ1) is 16.4. The number of nitrogens with zero attached hydrogens (tertiary/aromatic N) is 3. The molecule has 34 heavy (non-hydrogen) atoms. The topological polar surface area (TPSA) is 92.1 Å². The molecule has 1 amide bonds. The summed E-state index contributed by atoms with van der Waals surface area (Å²) in [6.07, 6.45) is 6.68. The van der Waals surface area contributed by atoms with E-state index in [4.69, 9.17) is 0 Å². The number of aromatic nitrogens is 4. The normalized spacial score (nSPS) is 20.1. The zero-order chi connectivity index (χ0) is 23.9. The molecule has 3 heterocycles. The van der Waals surface area contributed by atoms with Crippen LogP contribution in [0, 0.1) is 5.41 Å². The number of aromatic amines is 1. The average molecular weight is 458 g/mol. The molecule has 1 aliphatic rings. The van der Waals surface area contributed by atoms with Crippen molar-refractivity contribution in [1.29, 1.82) is 0 Å². The molecule has 1 fully saturated rings. The van der Waals surface area contributed by atoms with E-state index in [0.717, 1.165) is 54.5 Å². The summed E-state index contributed by atoms with van der Waals surface area (Å²) in [6, 6.07) is 13.6. The van der Waals surface area contributed by atoms with Crippen LogP contribution >= 0.6 is 0 Å². The van der Waals surface area contributed by atoms with Gasteiger partial charge in [-0.05, 0) is 49.3 Å². The Morgan fingerprint density at radius 2 is 1.91 bits per heavy atom. The highest BCUT2D eigenvalue weighted by atomic mass is 16.2. The highest BCUT2D eigenvalue weighted by molar-refractivity contribution is 5.99. The molecule has 7 heteroatoms. The largest absolute Gasteiger partial charge is 0.348 e. The van der Waals surface area contributed by atoms with Crippen LogP contribution in [0.5, 0.6) is 0 Å². The van der Waals surface area contributed by atoms with E-state index >= 15 is 0 Å². The van der Waals surface area contributed by atoms with Crippen LogP contribution in [0.1, 0.15) is 74.4 Å². The van der Waals surface area contributed by atoms with E-state index in [-0.39, 0.29) is 28.8 Å². The number of imidazole rings is 1. The van der Waals surface area contributed by atoms with Crippen molar-refractivity contribution >= 4 is 22.2 Å². The predicted octanol–water partition coefficient (Wildman–Crippen LogP) is 4.62. The van der Waals surface area contributed by atoms with Gasteiger partial charge in [0, 0.05) is 23.5 Å². The molecule has 1 aromatic carbocycles. The van der Waals surface area contributed by atoms with Crippen molar-refractivity contribution < 1.29 is 4.79 Å². The average Bonchev–Trinajstić information content (AvgIpc) is 3.22. The number of carbonyl (C=O) groups excluding carboxylic acids is 1. The summed E-state index contributed by atoms with van der Waals surface area (Å²) in [5, 5.41) is 11.8. The lowest BCUT2D eigenvalue weighted by atomic mass is 9.61. The van der Waals surface area contributed by atoms with Crippen LogP contribution in [0.3, 0.4) is 0 Å². The number of rotatable bonds is 7. The number of pyridine rings is 1. The molecule has 0 saturated heterocycles. The third-order valence-corrected chi connectivity index (χ3v) is 7.42. The first-order valence-corrected chi connectivity index (χ1v) is 12.1. The number of hydrogen-bond acceptors (Lipinski definition) is 4. The van der Waals surface area contributed by atoms with Crippen LogP contribution < -0.4 is 10.9 Å². The van der Waals surface area contributed by atoms with Gasteiger partial charge in [0.05, 0.1) is 16.6 Å². The van der Waals surface area contributed by atoms with Gasteiger partial charge in [0.2, 0.25) is 0 Å². The van der Waals surface area contributed by atoms with E-state index < -0.39 is 0 Å². The summed E-state index contributed by atoms with van der Waals surface area (Å²) >= 11 is 0. The zero-order valence-corrected chi connectivity index (χ0v) is 20.0.